The molecule has 1 aromatic rings. The van der Waals surface area contributed by atoms with Crippen LogP contribution in [0.1, 0.15) is 0 Å². The van der Waals surface area contributed by atoms with E-state index in [-0.39, 0.29) is 5.88 Å². The van der Waals surface area contributed by atoms with Crippen LogP contribution < -0.4 is 4.74 Å². The molecule has 61 valence electrons. The fourth-order valence-electron chi connectivity index (χ4n) is 0.606. The summed E-state index contributed by atoms with van der Waals surface area (Å²) < 4.78 is 39.4. The maximum Gasteiger partial charge on any atom is 0.574 e. The number of aryl methyl sites for hydroxylation is 1. The van der Waals surface area contributed by atoms with Crippen molar-refractivity contribution in [1.29, 1.82) is 0 Å². The highest BCUT2D eigenvalue weighted by atomic mass is 19.4. The predicted octanol–water partition coefficient (Wildman–Crippen LogP) is 1.72. The lowest BCUT2D eigenvalue weighted by molar-refractivity contribution is -0.276. The summed E-state index contributed by atoms with van der Waals surface area (Å²) >= 11 is 0. The second-order valence-electron chi connectivity index (χ2n) is 1.94. The molecule has 2 nitrogen and oxygen atoms in total. The van der Waals surface area contributed by atoms with Crippen LogP contribution in [0.15, 0.2) is 12.3 Å². The van der Waals surface area contributed by atoms with Crippen molar-refractivity contribution < 1.29 is 17.9 Å². The van der Waals surface area contributed by atoms with Gasteiger partial charge in [0, 0.05) is 25.4 Å². The topological polar surface area (TPSA) is 14.2 Å². The van der Waals surface area contributed by atoms with Crippen molar-refractivity contribution >= 4 is 0 Å². The summed E-state index contributed by atoms with van der Waals surface area (Å²) in [6.45, 7) is 0. The van der Waals surface area contributed by atoms with Gasteiger partial charge in [0.25, 0.3) is 0 Å². The molecule has 0 aromatic carbocycles. The summed E-state index contributed by atoms with van der Waals surface area (Å²) in [5, 5.41) is 0. The maximum absolute atomic E-state index is 11.5. The van der Waals surface area contributed by atoms with E-state index >= 15 is 0 Å². The molecule has 0 aliphatic carbocycles. The number of rotatable bonds is 1. The Labute approximate surface area is 61.2 Å². The molecular weight excluding hydrogens is 159 g/mol. The number of halogens is 3. The van der Waals surface area contributed by atoms with Crippen molar-refractivity contribution in [2.24, 2.45) is 7.05 Å². The Morgan fingerprint density at radius 2 is 2.18 bits per heavy atom. The predicted molar refractivity (Wildman–Crippen MR) is 30.9 cm³/mol. The molecule has 0 aliphatic rings. The molecule has 1 aromatic heterocycles. The summed E-state index contributed by atoms with van der Waals surface area (Å²) in [6.07, 6.45) is -3.28. The number of alkyl halides is 3. The van der Waals surface area contributed by atoms with Crippen molar-refractivity contribution in [2.45, 2.75) is 6.36 Å². The molecule has 0 saturated carbocycles. The molecule has 0 aliphatic heterocycles. The average Bonchev–Trinajstić information content (AvgIpc) is 2.12. The van der Waals surface area contributed by atoms with Crippen LogP contribution in [0.3, 0.4) is 0 Å². The molecule has 0 saturated heterocycles. The summed E-state index contributed by atoms with van der Waals surface area (Å²) in [7, 11) is 1.44. The molecule has 1 heterocycles. The van der Waals surface area contributed by atoms with Gasteiger partial charge in [0.2, 0.25) is 5.88 Å². The third-order valence-electron chi connectivity index (χ3n) is 1.04. The van der Waals surface area contributed by atoms with Crippen LogP contribution in [0, 0.1) is 6.07 Å². The molecular formula is C6H5F3NO. The first-order chi connectivity index (χ1) is 4.99. The van der Waals surface area contributed by atoms with Crippen molar-refractivity contribution in [3.8, 4) is 5.88 Å². The standard InChI is InChI=1S/C6H5F3NO/c1-10-4-2-3-5(10)11-6(7,8)9/h3-4H,1H3. The molecule has 0 atom stereocenters. The lowest BCUT2D eigenvalue weighted by atomic mass is 10.6. The van der Waals surface area contributed by atoms with E-state index in [1.165, 1.54) is 17.8 Å². The molecule has 0 spiro atoms. The van der Waals surface area contributed by atoms with Gasteiger partial charge in [-0.05, 0) is 0 Å². The summed E-state index contributed by atoms with van der Waals surface area (Å²) in [5.41, 5.74) is 0. The molecule has 0 N–H and O–H groups in total. The van der Waals surface area contributed by atoms with E-state index in [0.717, 1.165) is 6.07 Å². The fraction of sp³-hybridized carbons (Fsp3) is 0.333. The Balaban J connectivity index is 2.72. The van der Waals surface area contributed by atoms with E-state index in [1.807, 2.05) is 0 Å². The van der Waals surface area contributed by atoms with Gasteiger partial charge in [-0.3, -0.25) is 0 Å². The van der Waals surface area contributed by atoms with E-state index in [0.29, 0.717) is 0 Å². The number of aromatic nitrogens is 1. The van der Waals surface area contributed by atoms with Gasteiger partial charge in [-0.25, -0.2) is 0 Å². The second kappa shape index (κ2) is 2.48. The third-order valence-corrected chi connectivity index (χ3v) is 1.04. The number of nitrogens with zero attached hydrogens (tertiary/aromatic N) is 1. The summed E-state index contributed by atoms with van der Waals surface area (Å²) in [4.78, 5) is 0. The Hall–Kier alpha value is -1.13. The van der Waals surface area contributed by atoms with Crippen molar-refractivity contribution in [1.82, 2.24) is 4.57 Å². The van der Waals surface area contributed by atoms with Gasteiger partial charge in [-0.1, -0.05) is 0 Å². The van der Waals surface area contributed by atoms with Gasteiger partial charge in [-0.15, -0.1) is 13.2 Å². The maximum atomic E-state index is 11.5. The largest absolute Gasteiger partial charge is 0.574 e. The lowest BCUT2D eigenvalue weighted by Gasteiger charge is -2.08. The molecule has 1 radical (unpaired) electrons. The Kier molecular flexibility index (Phi) is 1.80. The van der Waals surface area contributed by atoms with Crippen LogP contribution in [0.5, 0.6) is 5.88 Å². The van der Waals surface area contributed by atoms with E-state index < -0.39 is 6.36 Å². The van der Waals surface area contributed by atoms with Crippen molar-refractivity contribution in [2.75, 3.05) is 0 Å². The van der Waals surface area contributed by atoms with Gasteiger partial charge in [0.15, 0.2) is 0 Å². The average molecular weight is 164 g/mol. The Morgan fingerprint density at radius 3 is 2.55 bits per heavy atom. The fourth-order valence-corrected chi connectivity index (χ4v) is 0.606. The lowest BCUT2D eigenvalue weighted by Crippen LogP contribution is -2.18. The van der Waals surface area contributed by atoms with Gasteiger partial charge < -0.3 is 9.30 Å². The molecule has 0 amide bonds. The minimum atomic E-state index is -4.63. The van der Waals surface area contributed by atoms with Gasteiger partial charge in [0.05, 0.1) is 0 Å². The highest BCUT2D eigenvalue weighted by Gasteiger charge is 2.31. The monoisotopic (exact) mass is 164 g/mol. The van der Waals surface area contributed by atoms with Crippen LogP contribution in [-0.4, -0.2) is 10.9 Å². The van der Waals surface area contributed by atoms with Gasteiger partial charge in [-0.2, -0.15) is 0 Å². The van der Waals surface area contributed by atoms with E-state index in [1.54, 1.807) is 0 Å². The second-order valence-corrected chi connectivity index (χ2v) is 1.94. The zero-order chi connectivity index (χ0) is 8.48. The summed E-state index contributed by atoms with van der Waals surface area (Å²) in [5.74, 6) is -0.266. The molecule has 0 fully saturated rings. The Morgan fingerprint density at radius 1 is 1.55 bits per heavy atom. The molecule has 11 heavy (non-hydrogen) atoms. The van der Waals surface area contributed by atoms with Crippen molar-refractivity contribution in [3.63, 3.8) is 0 Å². The number of hydrogen-bond donors (Lipinski definition) is 0. The number of hydrogen-bond acceptors (Lipinski definition) is 1. The van der Waals surface area contributed by atoms with Crippen LogP contribution in [-0.2, 0) is 7.05 Å². The third kappa shape index (κ3) is 2.18. The van der Waals surface area contributed by atoms with Gasteiger partial charge >= 0.3 is 6.36 Å². The quantitative estimate of drug-likeness (QED) is 0.616. The van der Waals surface area contributed by atoms with Gasteiger partial charge in [0.1, 0.15) is 0 Å². The zero-order valence-electron chi connectivity index (χ0n) is 5.64. The molecule has 0 bridgehead atoms. The van der Waals surface area contributed by atoms with Crippen LogP contribution in [0.4, 0.5) is 13.2 Å². The minimum absolute atomic E-state index is 0.266. The van der Waals surface area contributed by atoms with E-state index in [2.05, 4.69) is 10.8 Å². The van der Waals surface area contributed by atoms with E-state index in [4.69, 9.17) is 0 Å². The van der Waals surface area contributed by atoms with Crippen LogP contribution in [0.25, 0.3) is 0 Å². The SMILES string of the molecule is Cn1c[c]cc1OC(F)(F)F. The Bertz CT molecular complexity index is 240. The zero-order valence-corrected chi connectivity index (χ0v) is 5.64. The summed E-state index contributed by atoms with van der Waals surface area (Å²) in [6, 6.07) is 3.58. The normalized spacial score (nSPS) is 11.6. The highest BCUT2D eigenvalue weighted by Crippen LogP contribution is 2.21. The first-order valence-electron chi connectivity index (χ1n) is 2.77. The minimum Gasteiger partial charge on any atom is -0.390 e. The van der Waals surface area contributed by atoms with E-state index in [9.17, 15) is 13.2 Å². The molecule has 5 heteroatoms. The smallest absolute Gasteiger partial charge is 0.390 e. The highest BCUT2D eigenvalue weighted by molar-refractivity contribution is 5.11. The van der Waals surface area contributed by atoms with Crippen LogP contribution >= 0.6 is 0 Å². The number of ether oxygens (including phenoxy) is 1. The molecule has 1 rings (SSSR count). The van der Waals surface area contributed by atoms with Crippen LogP contribution in [0.2, 0.25) is 0 Å². The first kappa shape index (κ1) is 7.97. The first-order valence-corrected chi connectivity index (χ1v) is 2.77. The molecule has 0 unspecified atom stereocenters. The van der Waals surface area contributed by atoms with Crippen molar-refractivity contribution in [3.05, 3.63) is 18.3 Å².